The van der Waals surface area contributed by atoms with E-state index >= 15 is 0 Å². The van der Waals surface area contributed by atoms with Gasteiger partial charge in [-0.25, -0.2) is 0 Å². The minimum Gasteiger partial charge on any atom is -0.508 e. The quantitative estimate of drug-likeness (QED) is 0.149. The van der Waals surface area contributed by atoms with Crippen molar-refractivity contribution in [3.8, 4) is 5.75 Å². The lowest BCUT2D eigenvalue weighted by Gasteiger charge is -2.23. The molecule has 0 fully saturated rings. The molecule has 0 aliphatic rings. The Morgan fingerprint density at radius 2 is 1.24 bits per heavy atom. The monoisotopic (exact) mass is 482 g/mol. The fourth-order valence-corrected chi connectivity index (χ4v) is 2.67. The molecule has 14 nitrogen and oxygen atoms in total. The third-order valence-electron chi connectivity index (χ3n) is 4.48. The Labute approximate surface area is 193 Å². The standard InChI is InChI=1S/C20H26N4O10/c1-9(20(33)34)22-18(31)13(7-15(26)27)24-19(32)14(8-16(28)29)23-17(30)12(21)6-10-2-4-11(25)5-3-10/h2-5,9,12-14,25H,6-8,21H2,1H3,(H,22,31)(H,23,30)(H,24,32)(H,26,27)(H,28,29)(H,33,34). The summed E-state index contributed by atoms with van der Waals surface area (Å²) >= 11 is 0. The second kappa shape index (κ2) is 12.7. The molecule has 3 amide bonds. The second-order valence-corrected chi connectivity index (χ2v) is 7.36. The molecule has 0 radical (unpaired) electrons. The Morgan fingerprint density at radius 1 is 0.794 bits per heavy atom. The van der Waals surface area contributed by atoms with Crippen molar-refractivity contribution in [3.63, 3.8) is 0 Å². The van der Waals surface area contributed by atoms with Gasteiger partial charge in [-0.1, -0.05) is 12.1 Å². The molecule has 9 N–H and O–H groups in total. The van der Waals surface area contributed by atoms with Gasteiger partial charge in [0.15, 0.2) is 0 Å². The second-order valence-electron chi connectivity index (χ2n) is 7.36. The predicted molar refractivity (Wildman–Crippen MR) is 113 cm³/mol. The van der Waals surface area contributed by atoms with Crippen molar-refractivity contribution in [3.05, 3.63) is 29.8 Å². The van der Waals surface area contributed by atoms with Crippen LogP contribution in [0.15, 0.2) is 24.3 Å². The highest BCUT2D eigenvalue weighted by Gasteiger charge is 2.31. The number of carbonyl (C=O) groups excluding carboxylic acids is 3. The maximum atomic E-state index is 12.6. The fraction of sp³-hybridized carbons (Fsp3) is 0.400. The molecule has 0 saturated carbocycles. The summed E-state index contributed by atoms with van der Waals surface area (Å²) in [6.45, 7) is 1.11. The Bertz CT molecular complexity index is 934. The van der Waals surface area contributed by atoms with Crippen LogP contribution < -0.4 is 21.7 Å². The Morgan fingerprint density at radius 3 is 1.68 bits per heavy atom. The molecule has 1 rings (SSSR count). The number of aromatic hydroxyl groups is 1. The SMILES string of the molecule is CC(NC(=O)C(CC(=O)O)NC(=O)C(CC(=O)O)NC(=O)C(N)Cc1ccc(O)cc1)C(=O)O. The highest BCUT2D eigenvalue weighted by Crippen LogP contribution is 2.11. The third-order valence-corrected chi connectivity index (χ3v) is 4.48. The number of carbonyl (C=O) groups is 6. The Balaban J connectivity index is 2.93. The number of nitrogens with one attached hydrogen (secondary N) is 3. The summed E-state index contributed by atoms with van der Waals surface area (Å²) in [5, 5.41) is 42.5. The van der Waals surface area contributed by atoms with E-state index in [2.05, 4.69) is 5.32 Å². The third kappa shape index (κ3) is 9.52. The van der Waals surface area contributed by atoms with E-state index < -0.39 is 72.6 Å². The van der Waals surface area contributed by atoms with Crippen LogP contribution in [0.1, 0.15) is 25.3 Å². The summed E-state index contributed by atoms with van der Waals surface area (Å²) in [5.41, 5.74) is 6.39. The van der Waals surface area contributed by atoms with Crippen molar-refractivity contribution < 1.29 is 49.2 Å². The summed E-state index contributed by atoms with van der Waals surface area (Å²) in [6.07, 6.45) is -1.85. The Kier molecular flexibility index (Phi) is 10.4. The molecular formula is C20H26N4O10. The normalized spacial score (nSPS) is 14.1. The van der Waals surface area contributed by atoms with Crippen molar-refractivity contribution in [2.75, 3.05) is 0 Å². The predicted octanol–water partition coefficient (Wildman–Crippen LogP) is -2.23. The maximum Gasteiger partial charge on any atom is 0.325 e. The van der Waals surface area contributed by atoms with Crippen LogP contribution in [0.25, 0.3) is 0 Å². The first-order valence-corrected chi connectivity index (χ1v) is 9.91. The van der Waals surface area contributed by atoms with Gasteiger partial charge in [0.25, 0.3) is 0 Å². The van der Waals surface area contributed by atoms with Crippen LogP contribution in [0.4, 0.5) is 0 Å². The van der Waals surface area contributed by atoms with E-state index in [1.165, 1.54) is 24.3 Å². The molecule has 14 heteroatoms. The smallest absolute Gasteiger partial charge is 0.325 e. The van der Waals surface area contributed by atoms with Crippen molar-refractivity contribution >= 4 is 35.6 Å². The molecule has 4 unspecified atom stereocenters. The summed E-state index contributed by atoms with van der Waals surface area (Å²) in [7, 11) is 0. The Hall–Kier alpha value is -4.20. The first-order valence-electron chi connectivity index (χ1n) is 9.91. The molecule has 0 bridgehead atoms. The van der Waals surface area contributed by atoms with Gasteiger partial charge in [-0.2, -0.15) is 0 Å². The first kappa shape index (κ1) is 27.8. The van der Waals surface area contributed by atoms with Crippen molar-refractivity contribution in [2.24, 2.45) is 5.73 Å². The summed E-state index contributed by atoms with van der Waals surface area (Å²) in [6, 6.07) is -0.286. The van der Waals surface area contributed by atoms with E-state index in [-0.39, 0.29) is 12.2 Å². The topological polar surface area (TPSA) is 245 Å². The number of rotatable bonds is 13. The van der Waals surface area contributed by atoms with Crippen LogP contribution in [0.3, 0.4) is 0 Å². The summed E-state index contributed by atoms with van der Waals surface area (Å²) < 4.78 is 0. The van der Waals surface area contributed by atoms with E-state index in [0.717, 1.165) is 6.92 Å². The minimum atomic E-state index is -1.74. The van der Waals surface area contributed by atoms with Crippen molar-refractivity contribution in [1.82, 2.24) is 16.0 Å². The zero-order chi connectivity index (χ0) is 26.0. The van der Waals surface area contributed by atoms with Crippen molar-refractivity contribution in [1.29, 1.82) is 0 Å². The van der Waals surface area contributed by atoms with Crippen LogP contribution in [-0.2, 0) is 35.2 Å². The number of nitrogens with two attached hydrogens (primary N) is 1. The number of hydrogen-bond acceptors (Lipinski definition) is 8. The van der Waals surface area contributed by atoms with E-state index in [1.807, 2.05) is 10.6 Å². The molecule has 0 aromatic heterocycles. The van der Waals surface area contributed by atoms with Gasteiger partial charge in [-0.15, -0.1) is 0 Å². The molecule has 186 valence electrons. The number of phenols is 1. The molecule has 1 aromatic carbocycles. The number of benzene rings is 1. The number of amides is 3. The highest BCUT2D eigenvalue weighted by molar-refractivity contribution is 5.96. The van der Waals surface area contributed by atoms with E-state index in [1.54, 1.807) is 0 Å². The zero-order valence-electron chi connectivity index (χ0n) is 18.1. The van der Waals surface area contributed by atoms with Crippen LogP contribution in [-0.4, -0.2) is 80.2 Å². The number of aliphatic carboxylic acids is 3. The van der Waals surface area contributed by atoms with Gasteiger partial charge in [-0.3, -0.25) is 28.8 Å². The molecule has 0 aliphatic carbocycles. The van der Waals surface area contributed by atoms with Gasteiger partial charge in [0.05, 0.1) is 18.9 Å². The van der Waals surface area contributed by atoms with E-state index in [4.69, 9.17) is 21.1 Å². The maximum absolute atomic E-state index is 12.6. The molecule has 34 heavy (non-hydrogen) atoms. The van der Waals surface area contributed by atoms with Gasteiger partial charge < -0.3 is 42.1 Å². The fourth-order valence-electron chi connectivity index (χ4n) is 2.67. The largest absolute Gasteiger partial charge is 0.508 e. The average Bonchev–Trinajstić information content (AvgIpc) is 2.73. The minimum absolute atomic E-state index is 0.00216. The number of carboxylic acid groups (broad SMARTS) is 3. The highest BCUT2D eigenvalue weighted by atomic mass is 16.4. The van der Waals surface area contributed by atoms with Crippen molar-refractivity contribution in [2.45, 2.75) is 50.4 Å². The van der Waals surface area contributed by atoms with Gasteiger partial charge >= 0.3 is 17.9 Å². The summed E-state index contributed by atoms with van der Waals surface area (Å²) in [5.74, 6) is -7.60. The number of hydrogen-bond donors (Lipinski definition) is 8. The number of carboxylic acids is 3. The van der Waals surface area contributed by atoms with Gasteiger partial charge in [0.1, 0.15) is 23.9 Å². The molecule has 0 saturated heterocycles. The van der Waals surface area contributed by atoms with Gasteiger partial charge in [0.2, 0.25) is 17.7 Å². The number of phenolic OH excluding ortho intramolecular Hbond substituents is 1. The first-order chi connectivity index (χ1) is 15.8. The van der Waals surface area contributed by atoms with E-state index in [9.17, 15) is 33.9 Å². The van der Waals surface area contributed by atoms with Crippen LogP contribution in [0.2, 0.25) is 0 Å². The molecule has 0 aliphatic heterocycles. The lowest BCUT2D eigenvalue weighted by molar-refractivity contribution is -0.144. The van der Waals surface area contributed by atoms with E-state index in [0.29, 0.717) is 5.56 Å². The molecular weight excluding hydrogens is 456 g/mol. The van der Waals surface area contributed by atoms with Gasteiger partial charge in [-0.05, 0) is 31.0 Å². The van der Waals surface area contributed by atoms with Crippen LogP contribution in [0.5, 0.6) is 5.75 Å². The summed E-state index contributed by atoms with van der Waals surface area (Å²) in [4.78, 5) is 70.4. The van der Waals surface area contributed by atoms with Crippen LogP contribution in [0, 0.1) is 0 Å². The average molecular weight is 482 g/mol. The van der Waals surface area contributed by atoms with Crippen LogP contribution >= 0.6 is 0 Å². The van der Waals surface area contributed by atoms with Gasteiger partial charge in [0, 0.05) is 0 Å². The molecule has 1 aromatic rings. The molecule has 4 atom stereocenters. The molecule has 0 heterocycles. The zero-order valence-corrected chi connectivity index (χ0v) is 18.1. The molecule has 0 spiro atoms. The lowest BCUT2D eigenvalue weighted by atomic mass is 10.0. The lowest BCUT2D eigenvalue weighted by Crippen LogP contribution is -2.57.